The summed E-state index contributed by atoms with van der Waals surface area (Å²) in [4.78, 5) is 0.168. The number of alkyl halides is 2. The van der Waals surface area contributed by atoms with E-state index in [2.05, 4.69) is 9.46 Å². The van der Waals surface area contributed by atoms with Crippen molar-refractivity contribution >= 4 is 15.7 Å². The summed E-state index contributed by atoms with van der Waals surface area (Å²) < 4.78 is 58.3. The number of nitrogens with one attached hydrogen (secondary N) is 1. The number of sulfonamides is 1. The van der Waals surface area contributed by atoms with Crippen LogP contribution >= 0.6 is 0 Å². The van der Waals surface area contributed by atoms with Crippen LogP contribution in [0.3, 0.4) is 0 Å². The molecule has 0 heterocycles. The van der Waals surface area contributed by atoms with Crippen molar-refractivity contribution in [3.63, 3.8) is 0 Å². The van der Waals surface area contributed by atoms with Gasteiger partial charge in [0.1, 0.15) is 5.75 Å². The van der Waals surface area contributed by atoms with Gasteiger partial charge in [-0.15, -0.1) is 0 Å². The van der Waals surface area contributed by atoms with E-state index in [0.29, 0.717) is 16.7 Å². The molecule has 4 nitrogen and oxygen atoms in total. The van der Waals surface area contributed by atoms with Crippen LogP contribution in [0.5, 0.6) is 5.75 Å². The molecule has 0 aliphatic carbocycles. The van der Waals surface area contributed by atoms with E-state index >= 15 is 0 Å². The normalized spacial score (nSPS) is 11.7. The molecule has 0 saturated heterocycles. The second-order valence-corrected chi connectivity index (χ2v) is 8.06. The molecule has 0 fully saturated rings. The van der Waals surface area contributed by atoms with Crippen LogP contribution in [0.25, 0.3) is 0 Å². The smallest absolute Gasteiger partial charge is 0.387 e. The van der Waals surface area contributed by atoms with Crippen LogP contribution in [0.4, 0.5) is 14.5 Å². The lowest BCUT2D eigenvalue weighted by Crippen LogP contribution is -2.18. The zero-order chi connectivity index (χ0) is 19.8. The molecule has 0 aliphatic rings. The number of hydrogen-bond acceptors (Lipinski definition) is 3. The van der Waals surface area contributed by atoms with E-state index in [0.717, 1.165) is 16.7 Å². The van der Waals surface area contributed by atoms with Gasteiger partial charge in [-0.3, -0.25) is 4.72 Å². The molecular weight excluding hydrogens is 360 g/mol. The van der Waals surface area contributed by atoms with E-state index in [-0.39, 0.29) is 16.3 Å². The van der Waals surface area contributed by atoms with E-state index in [1.807, 2.05) is 20.8 Å². The maximum atomic E-state index is 13.0. The Balaban J connectivity index is 2.59. The molecule has 2 rings (SSSR count). The van der Waals surface area contributed by atoms with Gasteiger partial charge in [0.25, 0.3) is 10.0 Å². The Morgan fingerprint density at radius 2 is 1.38 bits per heavy atom. The molecule has 0 spiro atoms. The Morgan fingerprint density at radius 3 is 1.88 bits per heavy atom. The number of halogens is 2. The summed E-state index contributed by atoms with van der Waals surface area (Å²) in [6, 6.07) is 4.42. The van der Waals surface area contributed by atoms with Gasteiger partial charge in [0.15, 0.2) is 0 Å². The van der Waals surface area contributed by atoms with E-state index in [4.69, 9.17) is 0 Å². The van der Waals surface area contributed by atoms with Crippen molar-refractivity contribution in [1.29, 1.82) is 0 Å². The molecule has 0 unspecified atom stereocenters. The number of anilines is 1. The maximum absolute atomic E-state index is 13.0. The molecule has 26 heavy (non-hydrogen) atoms. The lowest BCUT2D eigenvalue weighted by molar-refractivity contribution is -0.0493. The molecule has 0 amide bonds. The van der Waals surface area contributed by atoms with Crippen molar-refractivity contribution in [3.05, 3.63) is 51.6 Å². The van der Waals surface area contributed by atoms with Crippen molar-refractivity contribution in [1.82, 2.24) is 0 Å². The van der Waals surface area contributed by atoms with E-state index < -0.39 is 16.6 Å². The average Bonchev–Trinajstić information content (AvgIpc) is 2.53. The molecule has 0 bridgehead atoms. The van der Waals surface area contributed by atoms with Crippen molar-refractivity contribution < 1.29 is 21.9 Å². The highest BCUT2D eigenvalue weighted by atomic mass is 32.2. The van der Waals surface area contributed by atoms with Crippen molar-refractivity contribution in [2.24, 2.45) is 0 Å². The summed E-state index contributed by atoms with van der Waals surface area (Å²) in [5.41, 5.74) is 4.76. The van der Waals surface area contributed by atoms with Gasteiger partial charge in [0, 0.05) is 0 Å². The van der Waals surface area contributed by atoms with E-state index in [1.165, 1.54) is 12.1 Å². The van der Waals surface area contributed by atoms with Crippen LogP contribution in [-0.4, -0.2) is 15.0 Å². The van der Waals surface area contributed by atoms with E-state index in [1.54, 1.807) is 26.8 Å². The largest absolute Gasteiger partial charge is 0.433 e. The Morgan fingerprint density at radius 1 is 0.885 bits per heavy atom. The molecule has 0 radical (unpaired) electrons. The summed E-state index contributed by atoms with van der Waals surface area (Å²) in [5.74, 6) is -0.209. The lowest BCUT2D eigenvalue weighted by atomic mass is 9.95. The van der Waals surface area contributed by atoms with Gasteiger partial charge in [0.2, 0.25) is 0 Å². The monoisotopic (exact) mass is 383 g/mol. The third-order valence-electron chi connectivity index (χ3n) is 4.80. The first-order chi connectivity index (χ1) is 12.0. The van der Waals surface area contributed by atoms with E-state index in [9.17, 15) is 17.2 Å². The lowest BCUT2D eigenvalue weighted by Gasteiger charge is -2.20. The fourth-order valence-electron chi connectivity index (χ4n) is 2.97. The van der Waals surface area contributed by atoms with Crippen LogP contribution in [0.15, 0.2) is 23.1 Å². The number of rotatable bonds is 5. The van der Waals surface area contributed by atoms with Gasteiger partial charge >= 0.3 is 6.61 Å². The maximum Gasteiger partial charge on any atom is 0.387 e. The number of benzene rings is 2. The summed E-state index contributed by atoms with van der Waals surface area (Å²) in [6.07, 6.45) is 0. The van der Waals surface area contributed by atoms with Gasteiger partial charge in [-0.2, -0.15) is 8.78 Å². The van der Waals surface area contributed by atoms with Gasteiger partial charge in [-0.05, 0) is 87.1 Å². The second-order valence-electron chi connectivity index (χ2n) is 6.44. The SMILES string of the molecule is Cc1ccc(NS(=O)(=O)c2c(C)c(C)c(C)c(C)c2C)c(OC(F)F)c1. The minimum Gasteiger partial charge on any atom is -0.433 e. The highest BCUT2D eigenvalue weighted by Gasteiger charge is 2.25. The van der Waals surface area contributed by atoms with Crippen molar-refractivity contribution in [2.45, 2.75) is 53.0 Å². The highest BCUT2D eigenvalue weighted by Crippen LogP contribution is 2.33. The predicted molar refractivity (Wildman–Crippen MR) is 98.7 cm³/mol. The Kier molecular flexibility index (Phi) is 5.61. The molecule has 0 aliphatic heterocycles. The quantitative estimate of drug-likeness (QED) is 0.796. The summed E-state index contributed by atoms with van der Waals surface area (Å²) >= 11 is 0. The fraction of sp³-hybridized carbons (Fsp3) is 0.368. The van der Waals surface area contributed by atoms with Gasteiger partial charge in [0.05, 0.1) is 10.6 Å². The molecule has 0 atom stereocenters. The number of ether oxygens (including phenoxy) is 1. The highest BCUT2D eigenvalue weighted by molar-refractivity contribution is 7.92. The Labute approximate surface area is 153 Å². The third-order valence-corrected chi connectivity index (χ3v) is 6.44. The van der Waals surface area contributed by atoms with Gasteiger partial charge in [-0.1, -0.05) is 6.07 Å². The first-order valence-corrected chi connectivity index (χ1v) is 9.59. The van der Waals surface area contributed by atoms with Crippen LogP contribution in [0.2, 0.25) is 0 Å². The van der Waals surface area contributed by atoms with Crippen LogP contribution in [-0.2, 0) is 10.0 Å². The molecule has 142 valence electrons. The first-order valence-electron chi connectivity index (χ1n) is 8.11. The minimum atomic E-state index is -3.98. The van der Waals surface area contributed by atoms with Crippen LogP contribution in [0.1, 0.15) is 33.4 Å². The van der Waals surface area contributed by atoms with Crippen LogP contribution in [0, 0.1) is 41.5 Å². The van der Waals surface area contributed by atoms with Crippen LogP contribution < -0.4 is 9.46 Å². The average molecular weight is 383 g/mol. The summed E-state index contributed by atoms with van der Waals surface area (Å²) in [6.45, 7) is 7.83. The molecule has 0 aromatic heterocycles. The zero-order valence-electron chi connectivity index (χ0n) is 15.7. The topological polar surface area (TPSA) is 55.4 Å². The Bertz CT molecular complexity index is 925. The van der Waals surface area contributed by atoms with Crippen molar-refractivity contribution in [2.75, 3.05) is 4.72 Å². The fourth-order valence-corrected chi connectivity index (χ4v) is 4.64. The Hall–Kier alpha value is -2.15. The zero-order valence-corrected chi connectivity index (χ0v) is 16.5. The molecule has 7 heteroatoms. The molecule has 1 N–H and O–H groups in total. The molecule has 2 aromatic carbocycles. The van der Waals surface area contributed by atoms with Gasteiger partial charge in [-0.25, -0.2) is 8.42 Å². The van der Waals surface area contributed by atoms with Gasteiger partial charge < -0.3 is 4.74 Å². The minimum absolute atomic E-state index is 0.0226. The standard InChI is InChI=1S/C19H23F2NO3S/c1-10-7-8-16(17(9-10)25-19(20)21)22-26(23,24)18-14(5)12(3)11(2)13(4)15(18)6/h7-9,19,22H,1-6H3. The molecule has 0 saturated carbocycles. The number of hydrogen-bond donors (Lipinski definition) is 1. The first kappa shape index (κ1) is 20.2. The third kappa shape index (κ3) is 3.82. The summed E-state index contributed by atoms with van der Waals surface area (Å²) in [5, 5.41) is 0. The predicted octanol–water partition coefficient (Wildman–Crippen LogP) is 4.94. The second kappa shape index (κ2) is 7.23. The van der Waals surface area contributed by atoms with Crippen molar-refractivity contribution in [3.8, 4) is 5.75 Å². The number of aryl methyl sites for hydroxylation is 1. The summed E-state index contributed by atoms with van der Waals surface area (Å²) in [7, 11) is -3.98. The molecule has 2 aromatic rings. The molecular formula is C19H23F2NO3S.